The Hall–Kier alpha value is -2.73. The molecular formula is C20H21N3O2S. The first-order valence-corrected chi connectivity index (χ1v) is 9.20. The quantitative estimate of drug-likeness (QED) is 0.649. The van der Waals surface area contributed by atoms with Crippen molar-refractivity contribution in [3.8, 4) is 11.3 Å². The number of benzene rings is 1. The number of aromatic nitrogens is 2. The number of carbonyl (C=O) groups is 2. The maximum Gasteiger partial charge on any atom is 0.274 e. The van der Waals surface area contributed by atoms with E-state index in [1.807, 2.05) is 24.4 Å². The van der Waals surface area contributed by atoms with Crippen molar-refractivity contribution in [2.75, 3.05) is 5.32 Å². The van der Waals surface area contributed by atoms with Gasteiger partial charge in [-0.15, -0.1) is 11.3 Å². The summed E-state index contributed by atoms with van der Waals surface area (Å²) in [5.74, 6) is -0.346. The highest BCUT2D eigenvalue weighted by Crippen LogP contribution is 2.28. The summed E-state index contributed by atoms with van der Waals surface area (Å²) in [7, 11) is 0. The van der Waals surface area contributed by atoms with E-state index in [4.69, 9.17) is 0 Å². The van der Waals surface area contributed by atoms with Crippen LogP contribution in [0.15, 0.2) is 23.6 Å². The number of anilines is 1. The Morgan fingerprint density at radius 3 is 2.50 bits per heavy atom. The van der Waals surface area contributed by atoms with E-state index in [0.29, 0.717) is 27.6 Å². The van der Waals surface area contributed by atoms with Gasteiger partial charge in [0, 0.05) is 22.2 Å². The Morgan fingerprint density at radius 1 is 1.15 bits per heavy atom. The molecular weight excluding hydrogens is 346 g/mol. The second kappa shape index (κ2) is 6.88. The second-order valence-electron chi connectivity index (χ2n) is 6.49. The summed E-state index contributed by atoms with van der Waals surface area (Å²) < 4.78 is 0. The first kappa shape index (κ1) is 18.1. The van der Waals surface area contributed by atoms with Crippen molar-refractivity contribution in [2.24, 2.45) is 0 Å². The summed E-state index contributed by atoms with van der Waals surface area (Å²) in [4.78, 5) is 31.9. The Balaban J connectivity index is 1.85. The number of rotatable bonds is 4. The first-order chi connectivity index (χ1) is 12.3. The lowest BCUT2D eigenvalue weighted by atomic mass is 10.0. The number of H-pyrrole nitrogens is 1. The fourth-order valence-electron chi connectivity index (χ4n) is 3.22. The van der Waals surface area contributed by atoms with Gasteiger partial charge in [0.2, 0.25) is 0 Å². The molecule has 0 aliphatic rings. The van der Waals surface area contributed by atoms with Gasteiger partial charge in [0.25, 0.3) is 5.91 Å². The van der Waals surface area contributed by atoms with Crippen LogP contribution in [0.3, 0.4) is 0 Å². The lowest BCUT2D eigenvalue weighted by Gasteiger charge is -2.04. The largest absolute Gasteiger partial charge is 0.354 e. The van der Waals surface area contributed by atoms with Gasteiger partial charge in [0.15, 0.2) is 10.9 Å². The molecule has 0 aliphatic carbocycles. The Bertz CT molecular complexity index is 1010. The van der Waals surface area contributed by atoms with Crippen LogP contribution in [0, 0.1) is 27.7 Å². The molecule has 3 aromatic rings. The zero-order chi connectivity index (χ0) is 19.0. The van der Waals surface area contributed by atoms with Crippen LogP contribution in [0.1, 0.15) is 50.2 Å². The van der Waals surface area contributed by atoms with Gasteiger partial charge in [-0.05, 0) is 45.7 Å². The van der Waals surface area contributed by atoms with Gasteiger partial charge >= 0.3 is 0 Å². The van der Waals surface area contributed by atoms with Crippen LogP contribution in [0.2, 0.25) is 0 Å². The molecule has 134 valence electrons. The third-order valence-corrected chi connectivity index (χ3v) is 5.16. The van der Waals surface area contributed by atoms with Crippen LogP contribution in [0.5, 0.6) is 0 Å². The zero-order valence-corrected chi connectivity index (χ0v) is 16.3. The molecule has 3 rings (SSSR count). The van der Waals surface area contributed by atoms with Crippen molar-refractivity contribution >= 4 is 28.2 Å². The Kier molecular flexibility index (Phi) is 4.78. The normalized spacial score (nSPS) is 10.8. The fraction of sp³-hybridized carbons (Fsp3) is 0.250. The van der Waals surface area contributed by atoms with E-state index < -0.39 is 0 Å². The number of Topliss-reactive ketones (excluding diaryl/α,β-unsaturated/α-hetero) is 1. The Morgan fingerprint density at radius 2 is 1.88 bits per heavy atom. The van der Waals surface area contributed by atoms with Crippen LogP contribution < -0.4 is 5.32 Å². The summed E-state index contributed by atoms with van der Waals surface area (Å²) in [6, 6.07) is 6.21. The van der Waals surface area contributed by atoms with Crippen LogP contribution in [-0.4, -0.2) is 21.7 Å². The van der Waals surface area contributed by atoms with Gasteiger partial charge in [-0.3, -0.25) is 14.9 Å². The number of aromatic amines is 1. The SMILES string of the molecule is CC(=O)c1c(C)[nH]c(C(=O)Nc2nc(-c3ccc(C)cc3C)cs2)c1C. The number of hydrogen-bond acceptors (Lipinski definition) is 4. The van der Waals surface area contributed by atoms with E-state index in [2.05, 4.69) is 28.3 Å². The standard InChI is InChI=1S/C20H21N3O2S/c1-10-6-7-15(11(2)8-10)16-9-26-20(22-16)23-19(25)18-12(3)17(14(5)24)13(4)21-18/h6-9,21H,1-5H3,(H,22,23,25). The van der Waals surface area contributed by atoms with Crippen molar-refractivity contribution in [1.29, 1.82) is 0 Å². The van der Waals surface area contributed by atoms with Crippen molar-refractivity contribution < 1.29 is 9.59 Å². The molecule has 0 atom stereocenters. The molecule has 0 saturated carbocycles. The highest BCUT2D eigenvalue weighted by atomic mass is 32.1. The third kappa shape index (κ3) is 3.32. The molecule has 2 aromatic heterocycles. The van der Waals surface area contributed by atoms with Crippen molar-refractivity contribution in [1.82, 2.24) is 9.97 Å². The Labute approximate surface area is 156 Å². The number of nitrogens with one attached hydrogen (secondary N) is 2. The van der Waals surface area contributed by atoms with Crippen molar-refractivity contribution in [2.45, 2.75) is 34.6 Å². The minimum absolute atomic E-state index is 0.0540. The minimum atomic E-state index is -0.292. The second-order valence-corrected chi connectivity index (χ2v) is 7.35. The van der Waals surface area contributed by atoms with E-state index in [1.54, 1.807) is 13.8 Å². The van der Waals surface area contributed by atoms with E-state index >= 15 is 0 Å². The smallest absolute Gasteiger partial charge is 0.274 e. The molecule has 0 aliphatic heterocycles. The van der Waals surface area contributed by atoms with Crippen LogP contribution in [0.4, 0.5) is 5.13 Å². The van der Waals surface area contributed by atoms with Gasteiger partial charge in [-0.2, -0.15) is 0 Å². The molecule has 6 heteroatoms. The number of nitrogens with zero attached hydrogens (tertiary/aromatic N) is 1. The number of carbonyl (C=O) groups excluding carboxylic acids is 2. The van der Waals surface area contributed by atoms with Gasteiger partial charge in [0.05, 0.1) is 5.69 Å². The third-order valence-electron chi connectivity index (χ3n) is 4.40. The van der Waals surface area contributed by atoms with Crippen molar-refractivity contribution in [3.63, 3.8) is 0 Å². The monoisotopic (exact) mass is 367 g/mol. The number of ketones is 1. The molecule has 1 aromatic carbocycles. The first-order valence-electron chi connectivity index (χ1n) is 8.32. The summed E-state index contributed by atoms with van der Waals surface area (Å²) in [6.07, 6.45) is 0. The molecule has 0 fully saturated rings. The van der Waals surface area contributed by atoms with Gasteiger partial charge in [-0.1, -0.05) is 23.8 Å². The number of amides is 1. The summed E-state index contributed by atoms with van der Waals surface area (Å²) >= 11 is 1.38. The molecule has 0 unspecified atom stereocenters. The van der Waals surface area contributed by atoms with E-state index in [1.165, 1.54) is 23.8 Å². The predicted octanol–water partition coefficient (Wildman–Crippen LogP) is 4.83. The number of aryl methyl sites for hydroxylation is 3. The highest BCUT2D eigenvalue weighted by molar-refractivity contribution is 7.14. The van der Waals surface area contributed by atoms with Crippen LogP contribution in [-0.2, 0) is 0 Å². The molecule has 5 nitrogen and oxygen atoms in total. The van der Waals surface area contributed by atoms with Gasteiger partial charge in [-0.25, -0.2) is 4.98 Å². The fourth-order valence-corrected chi connectivity index (χ4v) is 3.93. The van der Waals surface area contributed by atoms with Gasteiger partial charge < -0.3 is 4.98 Å². The topological polar surface area (TPSA) is 74.8 Å². The summed E-state index contributed by atoms with van der Waals surface area (Å²) in [5, 5.41) is 5.29. The van der Waals surface area contributed by atoms with E-state index in [9.17, 15) is 9.59 Å². The van der Waals surface area contributed by atoms with E-state index in [-0.39, 0.29) is 11.7 Å². The van der Waals surface area contributed by atoms with Crippen molar-refractivity contribution in [3.05, 3.63) is 57.2 Å². The molecule has 2 heterocycles. The number of thiazole rings is 1. The highest BCUT2D eigenvalue weighted by Gasteiger charge is 2.20. The average Bonchev–Trinajstić information content (AvgIpc) is 3.11. The van der Waals surface area contributed by atoms with Crippen LogP contribution >= 0.6 is 11.3 Å². The predicted molar refractivity (Wildman–Crippen MR) is 105 cm³/mol. The molecule has 0 saturated heterocycles. The zero-order valence-electron chi connectivity index (χ0n) is 15.5. The maximum absolute atomic E-state index is 12.6. The lowest BCUT2D eigenvalue weighted by molar-refractivity contribution is 0.101. The maximum atomic E-state index is 12.6. The molecule has 2 N–H and O–H groups in total. The summed E-state index contributed by atoms with van der Waals surface area (Å²) in [6.45, 7) is 9.18. The molecule has 0 spiro atoms. The van der Waals surface area contributed by atoms with Gasteiger partial charge in [0.1, 0.15) is 5.69 Å². The molecule has 26 heavy (non-hydrogen) atoms. The lowest BCUT2D eigenvalue weighted by Crippen LogP contribution is -2.13. The minimum Gasteiger partial charge on any atom is -0.354 e. The summed E-state index contributed by atoms with van der Waals surface area (Å²) in [5.41, 5.74) is 6.59. The average molecular weight is 367 g/mol. The van der Waals surface area contributed by atoms with Crippen LogP contribution in [0.25, 0.3) is 11.3 Å². The van der Waals surface area contributed by atoms with E-state index in [0.717, 1.165) is 16.8 Å². The molecule has 0 radical (unpaired) electrons. The molecule has 1 amide bonds. The molecule has 0 bridgehead atoms. The number of hydrogen-bond donors (Lipinski definition) is 2.